The van der Waals surface area contributed by atoms with Crippen LogP contribution in [-0.2, 0) is 6.54 Å². The van der Waals surface area contributed by atoms with Crippen molar-refractivity contribution in [2.24, 2.45) is 0 Å². The highest BCUT2D eigenvalue weighted by molar-refractivity contribution is 6.03. The average Bonchev–Trinajstić information content (AvgIpc) is 2.44. The molecule has 0 radical (unpaired) electrons. The van der Waals surface area contributed by atoms with Gasteiger partial charge in [0.05, 0.1) is 11.9 Å². The molecule has 3 aromatic rings. The third-order valence-electron chi connectivity index (χ3n) is 3.55. The van der Waals surface area contributed by atoms with Gasteiger partial charge >= 0.3 is 0 Å². The number of para-hydroxylation sites is 1. The summed E-state index contributed by atoms with van der Waals surface area (Å²) in [5.41, 5.74) is 1.31. The Labute approximate surface area is 113 Å². The first-order valence-corrected chi connectivity index (χ1v) is 6.70. The van der Waals surface area contributed by atoms with Gasteiger partial charge in [0.15, 0.2) is 12.7 Å². The number of hydrogen-bond donors (Lipinski definition) is 0. The van der Waals surface area contributed by atoms with Crippen LogP contribution < -0.4 is 4.57 Å². The molecule has 0 spiro atoms. The minimum atomic E-state index is 1.01. The van der Waals surface area contributed by atoms with E-state index < -0.39 is 0 Å². The molecule has 0 atom stereocenters. The van der Waals surface area contributed by atoms with Crippen molar-refractivity contribution in [1.29, 1.82) is 0 Å². The molecular formula is C17H19N2+. The number of aromatic nitrogens is 1. The van der Waals surface area contributed by atoms with Gasteiger partial charge in [0.2, 0.25) is 5.52 Å². The van der Waals surface area contributed by atoms with E-state index in [1.165, 1.54) is 21.7 Å². The molecule has 0 saturated heterocycles. The number of fused-ring (bicyclic) bond motifs is 3. The smallest absolute Gasteiger partial charge is 0.213 e. The summed E-state index contributed by atoms with van der Waals surface area (Å²) in [6, 6.07) is 17.3. The lowest BCUT2D eigenvalue weighted by Gasteiger charge is -2.09. The van der Waals surface area contributed by atoms with E-state index in [1.807, 2.05) is 0 Å². The van der Waals surface area contributed by atoms with Crippen molar-refractivity contribution >= 4 is 21.7 Å². The fourth-order valence-electron chi connectivity index (χ4n) is 2.54. The Balaban J connectivity index is 2.23. The Bertz CT molecular complexity index is 717. The van der Waals surface area contributed by atoms with Gasteiger partial charge in [0.1, 0.15) is 0 Å². The van der Waals surface area contributed by atoms with E-state index >= 15 is 0 Å². The van der Waals surface area contributed by atoms with Crippen molar-refractivity contribution in [2.45, 2.75) is 6.54 Å². The standard InChI is InChI=1S/C17H19N2/c1-18(2)11-12-19-13-14-7-3-4-8-15(14)16-9-5-6-10-17(16)19/h3-10,13H,11-12H2,1-2H3/q+1. The van der Waals surface area contributed by atoms with Gasteiger partial charge in [0.25, 0.3) is 0 Å². The molecule has 2 nitrogen and oxygen atoms in total. The number of benzene rings is 2. The van der Waals surface area contributed by atoms with Crippen LogP contribution in [0.2, 0.25) is 0 Å². The lowest BCUT2D eigenvalue weighted by atomic mass is 10.1. The summed E-state index contributed by atoms with van der Waals surface area (Å²) < 4.78 is 2.36. The van der Waals surface area contributed by atoms with Gasteiger partial charge in [-0.05, 0) is 26.2 Å². The maximum absolute atomic E-state index is 2.36. The van der Waals surface area contributed by atoms with Gasteiger partial charge in [-0.25, -0.2) is 0 Å². The van der Waals surface area contributed by atoms with E-state index in [2.05, 4.69) is 78.3 Å². The fraction of sp³-hybridized carbons (Fsp3) is 0.235. The Morgan fingerprint density at radius 1 is 0.895 bits per heavy atom. The summed E-state index contributed by atoms with van der Waals surface area (Å²) in [5, 5.41) is 3.97. The molecule has 0 saturated carbocycles. The van der Waals surface area contributed by atoms with E-state index in [0.29, 0.717) is 0 Å². The Hall–Kier alpha value is -1.93. The largest absolute Gasteiger partial charge is 0.303 e. The number of pyridine rings is 1. The molecule has 0 bridgehead atoms. The number of nitrogens with zero attached hydrogens (tertiary/aromatic N) is 2. The molecule has 0 N–H and O–H groups in total. The quantitative estimate of drug-likeness (QED) is 0.513. The van der Waals surface area contributed by atoms with Crippen molar-refractivity contribution in [1.82, 2.24) is 4.90 Å². The molecule has 96 valence electrons. The van der Waals surface area contributed by atoms with Crippen molar-refractivity contribution in [3.8, 4) is 0 Å². The normalized spacial score (nSPS) is 11.5. The maximum Gasteiger partial charge on any atom is 0.213 e. The van der Waals surface area contributed by atoms with Crippen LogP contribution in [0.25, 0.3) is 21.7 Å². The summed E-state index contributed by atoms with van der Waals surface area (Å²) in [4.78, 5) is 2.22. The second kappa shape index (κ2) is 4.98. The first-order valence-electron chi connectivity index (χ1n) is 6.70. The number of likely N-dealkylation sites (N-methyl/N-ethyl adjacent to an activating group) is 1. The van der Waals surface area contributed by atoms with E-state index in [-0.39, 0.29) is 0 Å². The van der Waals surface area contributed by atoms with Crippen LogP contribution in [-0.4, -0.2) is 25.5 Å². The highest BCUT2D eigenvalue weighted by Crippen LogP contribution is 2.21. The Kier molecular flexibility index (Phi) is 3.18. The van der Waals surface area contributed by atoms with Crippen LogP contribution in [0.3, 0.4) is 0 Å². The second-order valence-electron chi connectivity index (χ2n) is 5.23. The molecule has 3 rings (SSSR count). The molecular weight excluding hydrogens is 232 g/mol. The van der Waals surface area contributed by atoms with Crippen molar-refractivity contribution in [2.75, 3.05) is 20.6 Å². The first-order chi connectivity index (χ1) is 9.25. The molecule has 0 aliphatic rings. The molecule has 2 heteroatoms. The van der Waals surface area contributed by atoms with E-state index in [1.54, 1.807) is 0 Å². The van der Waals surface area contributed by atoms with E-state index in [9.17, 15) is 0 Å². The van der Waals surface area contributed by atoms with Gasteiger partial charge in [-0.3, -0.25) is 0 Å². The SMILES string of the molecule is CN(C)CC[n+]1cc2ccccc2c2ccccc21. The third-order valence-corrected chi connectivity index (χ3v) is 3.55. The highest BCUT2D eigenvalue weighted by Gasteiger charge is 2.12. The van der Waals surface area contributed by atoms with Gasteiger partial charge in [-0.2, -0.15) is 4.57 Å². The molecule has 0 aliphatic heterocycles. The van der Waals surface area contributed by atoms with E-state index in [4.69, 9.17) is 0 Å². The van der Waals surface area contributed by atoms with E-state index in [0.717, 1.165) is 13.1 Å². The lowest BCUT2D eigenvalue weighted by molar-refractivity contribution is -0.669. The van der Waals surface area contributed by atoms with Gasteiger partial charge in [-0.1, -0.05) is 30.3 Å². The zero-order valence-corrected chi connectivity index (χ0v) is 11.5. The second-order valence-corrected chi connectivity index (χ2v) is 5.23. The third kappa shape index (κ3) is 2.32. The molecule has 0 unspecified atom stereocenters. The number of hydrogen-bond acceptors (Lipinski definition) is 1. The molecule has 0 aliphatic carbocycles. The molecule has 0 amide bonds. The number of rotatable bonds is 3. The molecule has 1 aromatic heterocycles. The van der Waals surface area contributed by atoms with Gasteiger partial charge in [0, 0.05) is 16.8 Å². The average molecular weight is 251 g/mol. The van der Waals surface area contributed by atoms with Crippen LogP contribution in [0.4, 0.5) is 0 Å². The van der Waals surface area contributed by atoms with Crippen molar-refractivity contribution in [3.63, 3.8) is 0 Å². The zero-order valence-electron chi connectivity index (χ0n) is 11.5. The topological polar surface area (TPSA) is 7.12 Å². The van der Waals surface area contributed by atoms with Gasteiger partial charge in [-0.15, -0.1) is 0 Å². The van der Waals surface area contributed by atoms with Crippen molar-refractivity contribution in [3.05, 3.63) is 54.7 Å². The monoisotopic (exact) mass is 251 g/mol. The van der Waals surface area contributed by atoms with Crippen LogP contribution >= 0.6 is 0 Å². The van der Waals surface area contributed by atoms with Crippen molar-refractivity contribution < 1.29 is 4.57 Å². The summed E-state index contributed by atoms with van der Waals surface area (Å²) in [6.07, 6.45) is 2.27. The minimum Gasteiger partial charge on any atom is -0.303 e. The summed E-state index contributed by atoms with van der Waals surface area (Å²) >= 11 is 0. The maximum atomic E-state index is 2.36. The highest BCUT2D eigenvalue weighted by atomic mass is 15.1. The van der Waals surface area contributed by atoms with Crippen LogP contribution in [0, 0.1) is 0 Å². The van der Waals surface area contributed by atoms with Crippen LogP contribution in [0.15, 0.2) is 54.7 Å². The summed E-state index contributed by atoms with van der Waals surface area (Å²) in [5.74, 6) is 0. The summed E-state index contributed by atoms with van der Waals surface area (Å²) in [6.45, 7) is 2.06. The Morgan fingerprint density at radius 3 is 2.37 bits per heavy atom. The molecule has 19 heavy (non-hydrogen) atoms. The predicted molar refractivity (Wildman–Crippen MR) is 80.2 cm³/mol. The first kappa shape index (κ1) is 12.1. The molecule has 0 fully saturated rings. The summed E-state index contributed by atoms with van der Waals surface area (Å²) in [7, 11) is 4.23. The zero-order chi connectivity index (χ0) is 13.2. The minimum absolute atomic E-state index is 1.01. The van der Waals surface area contributed by atoms with Crippen LogP contribution in [0.5, 0.6) is 0 Å². The molecule has 1 heterocycles. The lowest BCUT2D eigenvalue weighted by Crippen LogP contribution is -2.39. The van der Waals surface area contributed by atoms with Crippen LogP contribution in [0.1, 0.15) is 0 Å². The Morgan fingerprint density at radius 2 is 1.58 bits per heavy atom. The molecule has 2 aromatic carbocycles. The fourth-order valence-corrected chi connectivity index (χ4v) is 2.54. The van der Waals surface area contributed by atoms with Gasteiger partial charge < -0.3 is 4.90 Å². The predicted octanol–water partition coefficient (Wildman–Crippen LogP) is 2.84.